The zero-order valence-electron chi connectivity index (χ0n) is 10.7. The summed E-state index contributed by atoms with van der Waals surface area (Å²) in [5.74, 6) is 0. The molecule has 0 aliphatic rings. The minimum Gasteiger partial charge on any atom is -0.388 e. The van der Waals surface area contributed by atoms with Gasteiger partial charge in [0, 0.05) is 9.99 Å². The van der Waals surface area contributed by atoms with Crippen LogP contribution < -0.4 is 0 Å². The van der Waals surface area contributed by atoms with Crippen molar-refractivity contribution in [3.8, 4) is 0 Å². The Hall–Kier alpha value is -0.870. The number of benzene rings is 2. The molecule has 1 N–H and O–H groups in total. The molecule has 1 atom stereocenters. The molecule has 1 unspecified atom stereocenters. The maximum Gasteiger partial charge on any atom is 0.0840 e. The van der Waals surface area contributed by atoms with E-state index in [4.69, 9.17) is 0 Å². The second-order valence-corrected chi connectivity index (χ2v) is 5.77. The van der Waals surface area contributed by atoms with Crippen molar-refractivity contribution in [2.75, 3.05) is 0 Å². The molecule has 0 bridgehead atoms. The van der Waals surface area contributed by atoms with Gasteiger partial charge in [-0.05, 0) is 64.8 Å². The minimum atomic E-state index is -0.433. The molecule has 2 heteroatoms. The third kappa shape index (κ3) is 2.93. The van der Waals surface area contributed by atoms with Gasteiger partial charge in [0.1, 0.15) is 0 Å². The molecule has 0 amide bonds. The van der Waals surface area contributed by atoms with Crippen molar-refractivity contribution in [1.82, 2.24) is 0 Å². The molecule has 18 heavy (non-hydrogen) atoms. The quantitative estimate of drug-likeness (QED) is 0.822. The van der Waals surface area contributed by atoms with Crippen LogP contribution in [0, 0.1) is 17.4 Å². The molecule has 0 aromatic heterocycles. The van der Waals surface area contributed by atoms with Gasteiger partial charge < -0.3 is 5.11 Å². The van der Waals surface area contributed by atoms with Crippen molar-refractivity contribution in [3.05, 3.63) is 68.3 Å². The van der Waals surface area contributed by atoms with Crippen molar-refractivity contribution in [2.24, 2.45) is 0 Å². The Morgan fingerprint density at radius 3 is 2.22 bits per heavy atom. The standard InChI is InChI=1S/C16H17IO/c1-11-6-5-7-12(2)14(11)10-16(18)13-8-3-4-9-15(13)17/h3-9,16,18H,10H2,1-2H3. The highest BCUT2D eigenvalue weighted by Crippen LogP contribution is 2.25. The Bertz CT molecular complexity index is 528. The van der Waals surface area contributed by atoms with Crippen LogP contribution in [0.1, 0.15) is 28.4 Å². The molecule has 94 valence electrons. The lowest BCUT2D eigenvalue weighted by molar-refractivity contribution is 0.177. The Balaban J connectivity index is 2.27. The molecule has 0 saturated carbocycles. The van der Waals surface area contributed by atoms with Gasteiger partial charge in [-0.1, -0.05) is 36.4 Å². The van der Waals surface area contributed by atoms with Crippen LogP contribution in [0.2, 0.25) is 0 Å². The van der Waals surface area contributed by atoms with Gasteiger partial charge in [-0.15, -0.1) is 0 Å². The summed E-state index contributed by atoms with van der Waals surface area (Å²) in [6.07, 6.45) is 0.247. The summed E-state index contributed by atoms with van der Waals surface area (Å²) in [6.45, 7) is 4.20. The van der Waals surface area contributed by atoms with E-state index in [0.29, 0.717) is 6.42 Å². The van der Waals surface area contributed by atoms with E-state index in [1.54, 1.807) is 0 Å². The normalized spacial score (nSPS) is 12.4. The monoisotopic (exact) mass is 352 g/mol. The van der Waals surface area contributed by atoms with Crippen LogP contribution in [-0.2, 0) is 6.42 Å². The lowest BCUT2D eigenvalue weighted by Gasteiger charge is -2.16. The first-order valence-corrected chi connectivity index (χ1v) is 7.15. The molecule has 0 heterocycles. The van der Waals surface area contributed by atoms with Gasteiger partial charge in [0.25, 0.3) is 0 Å². The Labute approximate surface area is 122 Å². The summed E-state index contributed by atoms with van der Waals surface area (Å²) >= 11 is 2.28. The van der Waals surface area contributed by atoms with Crippen molar-refractivity contribution in [2.45, 2.75) is 26.4 Å². The fourth-order valence-corrected chi connectivity index (χ4v) is 2.97. The van der Waals surface area contributed by atoms with E-state index in [2.05, 4.69) is 54.6 Å². The van der Waals surface area contributed by atoms with Crippen LogP contribution in [0.5, 0.6) is 0 Å². The summed E-state index contributed by atoms with van der Waals surface area (Å²) in [4.78, 5) is 0. The highest BCUT2D eigenvalue weighted by atomic mass is 127. The number of aryl methyl sites for hydroxylation is 2. The molecule has 0 aliphatic carbocycles. The van der Waals surface area contributed by atoms with Crippen LogP contribution in [0.25, 0.3) is 0 Å². The predicted molar refractivity (Wildman–Crippen MR) is 83.7 cm³/mol. The maximum atomic E-state index is 10.4. The number of hydrogen-bond donors (Lipinski definition) is 1. The molecule has 0 saturated heterocycles. The van der Waals surface area contributed by atoms with E-state index < -0.39 is 6.10 Å². The van der Waals surface area contributed by atoms with Gasteiger partial charge in [0.15, 0.2) is 0 Å². The molecule has 1 nitrogen and oxygen atoms in total. The van der Waals surface area contributed by atoms with Crippen LogP contribution in [0.4, 0.5) is 0 Å². The second-order valence-electron chi connectivity index (χ2n) is 4.61. The molecule has 0 aliphatic heterocycles. The number of aliphatic hydroxyl groups is 1. The Morgan fingerprint density at radius 1 is 1.00 bits per heavy atom. The van der Waals surface area contributed by atoms with Crippen molar-refractivity contribution in [1.29, 1.82) is 0 Å². The van der Waals surface area contributed by atoms with Crippen molar-refractivity contribution >= 4 is 22.6 Å². The summed E-state index contributed by atoms with van der Waals surface area (Å²) in [5.41, 5.74) is 4.77. The third-order valence-electron chi connectivity index (χ3n) is 3.31. The molecular weight excluding hydrogens is 335 g/mol. The van der Waals surface area contributed by atoms with Gasteiger partial charge in [0.2, 0.25) is 0 Å². The third-order valence-corrected chi connectivity index (χ3v) is 4.29. The fraction of sp³-hybridized carbons (Fsp3) is 0.250. The summed E-state index contributed by atoms with van der Waals surface area (Å²) in [7, 11) is 0. The SMILES string of the molecule is Cc1cccc(C)c1CC(O)c1ccccc1I. The summed E-state index contributed by atoms with van der Waals surface area (Å²) in [5, 5.41) is 10.4. The van der Waals surface area contributed by atoms with E-state index in [1.807, 2.05) is 24.3 Å². The van der Waals surface area contributed by atoms with E-state index in [1.165, 1.54) is 16.7 Å². The van der Waals surface area contributed by atoms with E-state index in [-0.39, 0.29) is 0 Å². The van der Waals surface area contributed by atoms with Gasteiger partial charge >= 0.3 is 0 Å². The first kappa shape index (κ1) is 13.6. The predicted octanol–water partition coefficient (Wildman–Crippen LogP) is 4.18. The van der Waals surface area contributed by atoms with Gasteiger partial charge in [-0.25, -0.2) is 0 Å². The van der Waals surface area contributed by atoms with Crippen LogP contribution >= 0.6 is 22.6 Å². The van der Waals surface area contributed by atoms with E-state index in [0.717, 1.165) is 9.13 Å². The van der Waals surface area contributed by atoms with E-state index in [9.17, 15) is 5.11 Å². The molecular formula is C16H17IO. The Morgan fingerprint density at radius 2 is 1.61 bits per heavy atom. The molecule has 0 spiro atoms. The van der Waals surface area contributed by atoms with Gasteiger partial charge in [0.05, 0.1) is 6.10 Å². The molecule has 0 radical (unpaired) electrons. The average molecular weight is 352 g/mol. The first-order chi connectivity index (χ1) is 8.59. The number of rotatable bonds is 3. The Kier molecular flexibility index (Phi) is 4.40. The lowest BCUT2D eigenvalue weighted by atomic mass is 9.95. The molecule has 0 fully saturated rings. The first-order valence-electron chi connectivity index (χ1n) is 6.07. The zero-order chi connectivity index (χ0) is 13.1. The van der Waals surface area contributed by atoms with E-state index >= 15 is 0 Å². The van der Waals surface area contributed by atoms with Crippen molar-refractivity contribution in [3.63, 3.8) is 0 Å². The van der Waals surface area contributed by atoms with Crippen molar-refractivity contribution < 1.29 is 5.11 Å². The highest BCUT2D eigenvalue weighted by molar-refractivity contribution is 14.1. The molecule has 2 aromatic rings. The molecule has 2 aromatic carbocycles. The van der Waals surface area contributed by atoms with Gasteiger partial charge in [-0.3, -0.25) is 0 Å². The zero-order valence-corrected chi connectivity index (χ0v) is 12.8. The number of halogens is 1. The smallest absolute Gasteiger partial charge is 0.0840 e. The van der Waals surface area contributed by atoms with Crippen LogP contribution in [0.15, 0.2) is 42.5 Å². The molecule has 2 rings (SSSR count). The average Bonchev–Trinajstić information content (AvgIpc) is 2.34. The maximum absolute atomic E-state index is 10.4. The fourth-order valence-electron chi connectivity index (χ4n) is 2.22. The second kappa shape index (κ2) is 5.85. The summed E-state index contributed by atoms with van der Waals surface area (Å²) < 4.78 is 1.12. The summed E-state index contributed by atoms with van der Waals surface area (Å²) in [6, 6.07) is 14.3. The van der Waals surface area contributed by atoms with Gasteiger partial charge in [-0.2, -0.15) is 0 Å². The topological polar surface area (TPSA) is 20.2 Å². The lowest BCUT2D eigenvalue weighted by Crippen LogP contribution is -2.06. The van der Waals surface area contributed by atoms with Crippen LogP contribution in [0.3, 0.4) is 0 Å². The number of hydrogen-bond acceptors (Lipinski definition) is 1. The highest BCUT2D eigenvalue weighted by Gasteiger charge is 2.13. The minimum absolute atomic E-state index is 0.433. The van der Waals surface area contributed by atoms with Crippen LogP contribution in [-0.4, -0.2) is 5.11 Å². The number of aliphatic hydroxyl groups excluding tert-OH is 1. The largest absolute Gasteiger partial charge is 0.388 e.